The van der Waals surface area contributed by atoms with Crippen LogP contribution < -0.4 is 4.90 Å². The molecule has 1 aromatic rings. The quantitative estimate of drug-likeness (QED) is 0.767. The Morgan fingerprint density at radius 1 is 1.73 bits per heavy atom. The fourth-order valence-corrected chi connectivity index (χ4v) is 2.89. The molecule has 1 aromatic heterocycles. The summed E-state index contributed by atoms with van der Waals surface area (Å²) in [5.41, 5.74) is 0.970. The number of thiazole rings is 1. The zero-order valence-electron chi connectivity index (χ0n) is 8.78. The number of nitrogens with zero attached hydrogens (tertiary/aromatic N) is 2. The molecule has 1 aliphatic rings. The van der Waals surface area contributed by atoms with Crippen molar-refractivity contribution in [1.82, 2.24) is 4.98 Å². The van der Waals surface area contributed by atoms with Crippen LogP contribution in [-0.4, -0.2) is 30.8 Å². The van der Waals surface area contributed by atoms with E-state index in [0.29, 0.717) is 11.9 Å². The van der Waals surface area contributed by atoms with Crippen molar-refractivity contribution in [3.05, 3.63) is 11.1 Å². The molecule has 1 saturated heterocycles. The Morgan fingerprint density at radius 2 is 2.60 bits per heavy atom. The third-order valence-electron chi connectivity index (χ3n) is 2.62. The minimum Gasteiger partial charge on any atom is -0.377 e. The van der Waals surface area contributed by atoms with Gasteiger partial charge in [-0.1, -0.05) is 6.92 Å². The van der Waals surface area contributed by atoms with Gasteiger partial charge in [0.2, 0.25) is 0 Å². The van der Waals surface area contributed by atoms with E-state index in [9.17, 15) is 0 Å². The second-order valence-corrected chi connectivity index (χ2v) is 4.69. The molecule has 2 rings (SSSR count). The van der Waals surface area contributed by atoms with E-state index in [-0.39, 0.29) is 0 Å². The van der Waals surface area contributed by atoms with Crippen molar-refractivity contribution in [3.8, 4) is 0 Å². The van der Waals surface area contributed by atoms with Gasteiger partial charge in [0.05, 0.1) is 30.8 Å². The molecule has 0 amide bonds. The topological polar surface area (TPSA) is 25.4 Å². The Morgan fingerprint density at radius 3 is 3.27 bits per heavy atom. The van der Waals surface area contributed by atoms with Crippen molar-refractivity contribution in [2.75, 3.05) is 24.7 Å². The lowest BCUT2D eigenvalue weighted by atomic mass is 10.2. The van der Waals surface area contributed by atoms with Gasteiger partial charge in [0, 0.05) is 11.9 Å². The Bertz CT molecular complexity index is 318. The first kappa shape index (κ1) is 11.2. The molecule has 1 unspecified atom stereocenters. The summed E-state index contributed by atoms with van der Waals surface area (Å²) in [6.07, 6.45) is 1.09. The van der Waals surface area contributed by atoms with E-state index in [1.165, 1.54) is 0 Å². The molecule has 5 heteroatoms. The van der Waals surface area contributed by atoms with Gasteiger partial charge in [-0.25, -0.2) is 4.98 Å². The van der Waals surface area contributed by atoms with Gasteiger partial charge in [0.25, 0.3) is 0 Å². The molecule has 0 aromatic carbocycles. The maximum Gasteiger partial charge on any atom is 0.185 e. The molecule has 0 aliphatic carbocycles. The second-order valence-electron chi connectivity index (χ2n) is 3.59. The number of hydrogen-bond acceptors (Lipinski definition) is 4. The Balaban J connectivity index is 2.12. The van der Waals surface area contributed by atoms with Gasteiger partial charge in [0.15, 0.2) is 5.13 Å². The monoisotopic (exact) mass is 246 g/mol. The predicted molar refractivity (Wildman–Crippen MR) is 63.9 cm³/mol. The summed E-state index contributed by atoms with van der Waals surface area (Å²) in [4.78, 5) is 6.85. The molecule has 1 aliphatic heterocycles. The number of anilines is 1. The smallest absolute Gasteiger partial charge is 0.185 e. The van der Waals surface area contributed by atoms with E-state index in [1.807, 2.05) is 5.38 Å². The summed E-state index contributed by atoms with van der Waals surface area (Å²) in [5, 5.41) is 3.12. The average molecular weight is 247 g/mol. The van der Waals surface area contributed by atoms with Crippen LogP contribution in [0.15, 0.2) is 5.38 Å². The average Bonchev–Trinajstić information content (AvgIpc) is 2.77. The SMILES string of the molecule is CCC1COCCN1c1nc(CCl)cs1. The molecule has 2 heterocycles. The van der Waals surface area contributed by atoms with E-state index < -0.39 is 0 Å². The number of halogens is 1. The van der Waals surface area contributed by atoms with Gasteiger partial charge in [-0.2, -0.15) is 0 Å². The maximum atomic E-state index is 5.75. The normalized spacial score (nSPS) is 22.0. The molecule has 0 bridgehead atoms. The van der Waals surface area contributed by atoms with Crippen molar-refractivity contribution in [2.24, 2.45) is 0 Å². The van der Waals surface area contributed by atoms with Crippen molar-refractivity contribution in [3.63, 3.8) is 0 Å². The molecule has 1 fully saturated rings. The summed E-state index contributed by atoms with van der Waals surface area (Å²) < 4.78 is 5.47. The molecule has 0 saturated carbocycles. The first-order chi connectivity index (χ1) is 7.35. The van der Waals surface area contributed by atoms with E-state index in [1.54, 1.807) is 11.3 Å². The first-order valence-corrected chi connectivity index (χ1v) is 6.61. The molecule has 0 N–H and O–H groups in total. The van der Waals surface area contributed by atoms with Crippen LogP contribution >= 0.6 is 22.9 Å². The van der Waals surface area contributed by atoms with Crippen LogP contribution in [0.1, 0.15) is 19.0 Å². The highest BCUT2D eigenvalue weighted by atomic mass is 35.5. The van der Waals surface area contributed by atoms with Crippen molar-refractivity contribution in [1.29, 1.82) is 0 Å². The summed E-state index contributed by atoms with van der Waals surface area (Å²) in [6, 6.07) is 0.466. The molecule has 84 valence electrons. The van der Waals surface area contributed by atoms with Crippen molar-refractivity contribution in [2.45, 2.75) is 25.3 Å². The highest BCUT2D eigenvalue weighted by Crippen LogP contribution is 2.25. The number of morpholine rings is 1. The van der Waals surface area contributed by atoms with Crippen LogP contribution in [0.2, 0.25) is 0 Å². The fourth-order valence-electron chi connectivity index (χ4n) is 1.73. The minimum absolute atomic E-state index is 0.466. The predicted octanol–water partition coefficient (Wildman–Crippen LogP) is 2.50. The van der Waals surface area contributed by atoms with Gasteiger partial charge in [-0.3, -0.25) is 0 Å². The molecular weight excluding hydrogens is 232 g/mol. The van der Waals surface area contributed by atoms with Crippen LogP contribution in [0, 0.1) is 0 Å². The summed E-state index contributed by atoms with van der Waals surface area (Å²) in [7, 11) is 0. The number of hydrogen-bond donors (Lipinski definition) is 0. The van der Waals surface area contributed by atoms with Crippen molar-refractivity contribution >= 4 is 28.1 Å². The lowest BCUT2D eigenvalue weighted by Crippen LogP contribution is -2.45. The Kier molecular flexibility index (Phi) is 3.83. The van der Waals surface area contributed by atoms with E-state index in [4.69, 9.17) is 16.3 Å². The number of alkyl halides is 1. The van der Waals surface area contributed by atoms with Crippen LogP contribution in [-0.2, 0) is 10.6 Å². The zero-order chi connectivity index (χ0) is 10.7. The first-order valence-electron chi connectivity index (χ1n) is 5.20. The van der Waals surface area contributed by atoms with Crippen molar-refractivity contribution < 1.29 is 4.74 Å². The van der Waals surface area contributed by atoms with Crippen LogP contribution in [0.5, 0.6) is 0 Å². The number of ether oxygens (including phenoxy) is 1. The molecule has 15 heavy (non-hydrogen) atoms. The van der Waals surface area contributed by atoms with Gasteiger partial charge < -0.3 is 9.64 Å². The molecular formula is C10H15ClN2OS. The summed E-state index contributed by atoms with van der Waals surface area (Å²) >= 11 is 7.42. The van der Waals surface area contributed by atoms with Gasteiger partial charge >= 0.3 is 0 Å². The van der Waals surface area contributed by atoms with E-state index >= 15 is 0 Å². The molecule has 1 atom stereocenters. The Hall–Kier alpha value is -0.320. The van der Waals surface area contributed by atoms with Gasteiger partial charge in [0.1, 0.15) is 0 Å². The largest absolute Gasteiger partial charge is 0.377 e. The standard InChI is InChI=1S/C10H15ClN2OS/c1-2-9-6-14-4-3-13(9)10-12-8(5-11)7-15-10/h7,9H,2-6H2,1H3. The molecule has 3 nitrogen and oxygen atoms in total. The fraction of sp³-hybridized carbons (Fsp3) is 0.700. The number of aromatic nitrogens is 1. The summed E-state index contributed by atoms with van der Waals surface area (Å²) in [5.74, 6) is 0.498. The molecule has 0 radical (unpaired) electrons. The van der Waals surface area contributed by atoms with Crippen LogP contribution in [0.25, 0.3) is 0 Å². The molecule has 0 spiro atoms. The highest BCUT2D eigenvalue weighted by molar-refractivity contribution is 7.13. The number of rotatable bonds is 3. The van der Waals surface area contributed by atoms with Crippen LogP contribution in [0.3, 0.4) is 0 Å². The summed E-state index contributed by atoms with van der Waals surface area (Å²) in [6.45, 7) is 4.73. The second kappa shape index (κ2) is 5.14. The van der Waals surface area contributed by atoms with Crippen LogP contribution in [0.4, 0.5) is 5.13 Å². The van der Waals surface area contributed by atoms with E-state index in [2.05, 4.69) is 16.8 Å². The van der Waals surface area contributed by atoms with E-state index in [0.717, 1.165) is 37.0 Å². The third-order valence-corrected chi connectivity index (χ3v) is 3.82. The van der Waals surface area contributed by atoms with Gasteiger partial charge in [-0.15, -0.1) is 22.9 Å². The van der Waals surface area contributed by atoms with Gasteiger partial charge in [-0.05, 0) is 6.42 Å². The zero-order valence-corrected chi connectivity index (χ0v) is 10.4. The third kappa shape index (κ3) is 2.44. The lowest BCUT2D eigenvalue weighted by molar-refractivity contribution is 0.0929. The highest BCUT2D eigenvalue weighted by Gasteiger charge is 2.23. The minimum atomic E-state index is 0.466. The maximum absolute atomic E-state index is 5.75. The lowest BCUT2D eigenvalue weighted by Gasteiger charge is -2.34. The Labute approximate surface area is 99.0 Å².